The van der Waals surface area contributed by atoms with Crippen molar-refractivity contribution in [3.05, 3.63) is 84.7 Å². The van der Waals surface area contributed by atoms with E-state index in [1.165, 1.54) is 42.6 Å². The Hall–Kier alpha value is -3.21. The second-order valence-electron chi connectivity index (χ2n) is 6.86. The van der Waals surface area contributed by atoms with Gasteiger partial charge in [-0.15, -0.1) is 0 Å². The predicted octanol–water partition coefficient (Wildman–Crippen LogP) is 3.83. The highest BCUT2D eigenvalue weighted by Gasteiger charge is 2.20. The van der Waals surface area contributed by atoms with Crippen molar-refractivity contribution in [1.82, 2.24) is 15.0 Å². The number of aromatic amines is 2. The molecular formula is C20H13Cl2FN4O4S. The zero-order valence-corrected chi connectivity index (χ0v) is 18.5. The summed E-state index contributed by atoms with van der Waals surface area (Å²) in [5.41, 5.74) is -0.0397. The van der Waals surface area contributed by atoms with E-state index >= 15 is 0 Å². The van der Waals surface area contributed by atoms with Crippen molar-refractivity contribution in [1.29, 1.82) is 0 Å². The number of sulfonamides is 1. The molecule has 0 spiro atoms. The largest absolute Gasteiger partial charge is 0.316 e. The number of hydrogen-bond acceptors (Lipinski definition) is 5. The van der Waals surface area contributed by atoms with Crippen LogP contribution in [0.3, 0.4) is 0 Å². The van der Waals surface area contributed by atoms with Gasteiger partial charge >= 0.3 is 11.1 Å². The molecule has 0 saturated heterocycles. The van der Waals surface area contributed by atoms with Crippen LogP contribution >= 0.6 is 23.2 Å². The molecule has 4 aromatic rings. The molecule has 0 radical (unpaired) electrons. The van der Waals surface area contributed by atoms with E-state index in [1.54, 1.807) is 6.92 Å². The second kappa shape index (κ2) is 8.05. The summed E-state index contributed by atoms with van der Waals surface area (Å²) in [5.74, 6) is -0.638. The van der Waals surface area contributed by atoms with Gasteiger partial charge in [0, 0.05) is 17.8 Å². The summed E-state index contributed by atoms with van der Waals surface area (Å²) >= 11 is 12.1. The lowest BCUT2D eigenvalue weighted by Crippen LogP contribution is -2.29. The Kier molecular flexibility index (Phi) is 5.53. The van der Waals surface area contributed by atoms with Gasteiger partial charge in [-0.05, 0) is 42.3 Å². The molecule has 2 heterocycles. The minimum Gasteiger partial charge on any atom is -0.316 e. The summed E-state index contributed by atoms with van der Waals surface area (Å²) in [6.07, 6.45) is 1.33. The molecule has 0 saturated carbocycles. The number of rotatable bonds is 4. The minimum atomic E-state index is -4.12. The lowest BCUT2D eigenvalue weighted by molar-refractivity contribution is 0.600. The average Bonchev–Trinajstić information content (AvgIpc) is 2.71. The van der Waals surface area contributed by atoms with Crippen LogP contribution in [0.5, 0.6) is 0 Å². The molecule has 2 aromatic carbocycles. The van der Waals surface area contributed by atoms with Gasteiger partial charge in [-0.3, -0.25) is 14.3 Å². The molecule has 12 heteroatoms. The van der Waals surface area contributed by atoms with E-state index in [0.29, 0.717) is 16.7 Å². The van der Waals surface area contributed by atoms with Crippen molar-refractivity contribution in [3.8, 4) is 11.1 Å². The van der Waals surface area contributed by atoms with Crippen LogP contribution in [-0.2, 0) is 10.0 Å². The van der Waals surface area contributed by atoms with Crippen molar-refractivity contribution >= 4 is 50.1 Å². The maximum absolute atomic E-state index is 13.4. The van der Waals surface area contributed by atoms with E-state index in [2.05, 4.69) is 19.7 Å². The molecule has 0 atom stereocenters. The maximum atomic E-state index is 13.4. The van der Waals surface area contributed by atoms with E-state index in [0.717, 1.165) is 0 Å². The molecule has 32 heavy (non-hydrogen) atoms. The van der Waals surface area contributed by atoms with Crippen molar-refractivity contribution in [3.63, 3.8) is 0 Å². The van der Waals surface area contributed by atoms with Gasteiger partial charge in [-0.25, -0.2) is 17.8 Å². The first kappa shape index (κ1) is 22.0. The second-order valence-corrected chi connectivity index (χ2v) is 9.32. The van der Waals surface area contributed by atoms with Gasteiger partial charge in [0.15, 0.2) is 0 Å². The van der Waals surface area contributed by atoms with E-state index in [9.17, 15) is 22.4 Å². The highest BCUT2D eigenvalue weighted by molar-refractivity contribution is 7.92. The molecule has 0 bridgehead atoms. The van der Waals surface area contributed by atoms with Crippen LogP contribution in [0.1, 0.15) is 5.56 Å². The molecular weight excluding hydrogens is 482 g/mol. The Morgan fingerprint density at radius 2 is 1.62 bits per heavy atom. The minimum absolute atomic E-state index is 0.0542. The third-order valence-electron chi connectivity index (χ3n) is 4.63. The number of halogens is 3. The number of nitrogens with zero attached hydrogens (tertiary/aromatic N) is 1. The number of pyridine rings is 1. The molecule has 0 aliphatic rings. The Balaban J connectivity index is 1.70. The van der Waals surface area contributed by atoms with E-state index in [4.69, 9.17) is 23.2 Å². The van der Waals surface area contributed by atoms with Gasteiger partial charge in [0.1, 0.15) is 11.6 Å². The molecule has 164 valence electrons. The number of aromatic nitrogens is 3. The number of aryl methyl sites for hydroxylation is 1. The molecule has 8 nitrogen and oxygen atoms in total. The summed E-state index contributed by atoms with van der Waals surface area (Å²) in [6.45, 7) is 1.54. The van der Waals surface area contributed by atoms with Gasteiger partial charge in [0.2, 0.25) is 0 Å². The number of fused-ring (bicyclic) bond motifs is 1. The fourth-order valence-corrected chi connectivity index (χ4v) is 4.79. The topological polar surface area (TPSA) is 125 Å². The van der Waals surface area contributed by atoms with Crippen LogP contribution < -0.4 is 15.8 Å². The maximum Gasteiger partial charge on any atom is 0.314 e. The average molecular weight is 495 g/mol. The molecule has 0 aliphatic heterocycles. The van der Waals surface area contributed by atoms with Gasteiger partial charge in [0.25, 0.3) is 10.0 Å². The number of hydrogen-bond donors (Lipinski definition) is 3. The standard InChI is InChI=1S/C20H13Cl2FN4O4S/c1-9-4-15-16(26-20(29)19(28)25-15)7-17(9)32(30,31)27-18-6-12(21)11(8-24-18)10-2-3-14(23)13(22)5-10/h2-8H,1H3,(H,24,27)(H,25,28)(H,26,29). The van der Waals surface area contributed by atoms with Crippen molar-refractivity contribution < 1.29 is 12.8 Å². The van der Waals surface area contributed by atoms with Gasteiger partial charge in [-0.2, -0.15) is 0 Å². The summed E-state index contributed by atoms with van der Waals surface area (Å²) in [5, 5.41) is 0.0759. The van der Waals surface area contributed by atoms with Crippen molar-refractivity contribution in [2.45, 2.75) is 11.8 Å². The molecule has 2 aromatic heterocycles. The third-order valence-corrected chi connectivity index (χ3v) is 6.73. The van der Waals surface area contributed by atoms with Crippen LogP contribution in [0.25, 0.3) is 22.2 Å². The number of benzene rings is 2. The summed E-state index contributed by atoms with van der Waals surface area (Å²) in [6, 6.07) is 8.01. The van der Waals surface area contributed by atoms with Gasteiger partial charge in [-0.1, -0.05) is 29.3 Å². The van der Waals surface area contributed by atoms with Crippen molar-refractivity contribution in [2.24, 2.45) is 0 Å². The molecule has 0 fully saturated rings. The smallest absolute Gasteiger partial charge is 0.314 e. The molecule has 0 unspecified atom stereocenters. The number of anilines is 1. The first-order chi connectivity index (χ1) is 15.0. The lowest BCUT2D eigenvalue weighted by Gasteiger charge is -2.12. The van der Waals surface area contributed by atoms with Crippen molar-refractivity contribution in [2.75, 3.05) is 4.72 Å². The number of H-pyrrole nitrogens is 2. The molecule has 4 rings (SSSR count). The van der Waals surface area contributed by atoms with Gasteiger partial charge in [0.05, 0.1) is 26.0 Å². The van der Waals surface area contributed by atoms with Crippen LogP contribution in [0.15, 0.2) is 57.1 Å². The van der Waals surface area contributed by atoms with E-state index in [-0.39, 0.29) is 31.8 Å². The summed E-state index contributed by atoms with van der Waals surface area (Å²) in [7, 11) is -4.12. The van der Waals surface area contributed by atoms with Crippen LogP contribution in [0.2, 0.25) is 10.0 Å². The number of nitrogens with one attached hydrogen (secondary N) is 3. The Morgan fingerprint density at radius 3 is 2.25 bits per heavy atom. The molecule has 0 aliphatic carbocycles. The molecule has 3 N–H and O–H groups in total. The monoisotopic (exact) mass is 494 g/mol. The quantitative estimate of drug-likeness (QED) is 0.371. The summed E-state index contributed by atoms with van der Waals surface area (Å²) < 4.78 is 41.6. The third kappa shape index (κ3) is 4.12. The fraction of sp³-hybridized carbons (Fsp3) is 0.0500. The van der Waals surface area contributed by atoms with Crippen LogP contribution in [0.4, 0.5) is 10.2 Å². The Labute approximate surface area is 190 Å². The zero-order chi connectivity index (χ0) is 23.2. The van der Waals surface area contributed by atoms with Crippen LogP contribution in [-0.4, -0.2) is 23.4 Å². The first-order valence-electron chi connectivity index (χ1n) is 8.96. The van der Waals surface area contributed by atoms with E-state index in [1.807, 2.05) is 0 Å². The Bertz CT molecular complexity index is 1620. The Morgan fingerprint density at radius 1 is 0.969 bits per heavy atom. The first-order valence-corrected chi connectivity index (χ1v) is 11.2. The highest BCUT2D eigenvalue weighted by Crippen LogP contribution is 2.32. The molecule has 0 amide bonds. The summed E-state index contributed by atoms with van der Waals surface area (Å²) in [4.78, 5) is 31.7. The zero-order valence-electron chi connectivity index (χ0n) is 16.2. The normalized spacial score (nSPS) is 11.6. The highest BCUT2D eigenvalue weighted by atomic mass is 35.5. The van der Waals surface area contributed by atoms with Crippen LogP contribution in [0, 0.1) is 12.7 Å². The lowest BCUT2D eigenvalue weighted by atomic mass is 10.1. The van der Waals surface area contributed by atoms with E-state index < -0.39 is 27.0 Å². The van der Waals surface area contributed by atoms with Gasteiger partial charge < -0.3 is 9.97 Å². The predicted molar refractivity (Wildman–Crippen MR) is 120 cm³/mol. The fourth-order valence-electron chi connectivity index (χ4n) is 3.10. The SMILES string of the molecule is Cc1cc2[nH]c(=O)c(=O)[nH]c2cc1S(=O)(=O)Nc1cc(Cl)c(-c2ccc(F)c(Cl)c2)cn1.